The SMILES string of the molecule is Cc1ccc(C)c(N2CCN(C(=O)C3CCN(c4nc5ccccc5n4Cc4ccc(F)cc4)CC3)CC2)c1. The van der Waals surface area contributed by atoms with Crippen LogP contribution in [0, 0.1) is 25.6 Å². The Bertz CT molecular complexity index is 1460. The number of halogens is 1. The number of rotatable bonds is 5. The highest BCUT2D eigenvalue weighted by Crippen LogP contribution is 2.29. The molecule has 0 unspecified atom stereocenters. The minimum atomic E-state index is -0.229. The van der Waals surface area contributed by atoms with Crippen molar-refractivity contribution in [3.05, 3.63) is 89.2 Å². The van der Waals surface area contributed by atoms with Crippen LogP contribution >= 0.6 is 0 Å². The molecule has 39 heavy (non-hydrogen) atoms. The topological polar surface area (TPSA) is 44.6 Å². The first-order chi connectivity index (χ1) is 19.0. The average Bonchev–Trinajstić information content (AvgIpc) is 3.33. The fraction of sp³-hybridized carbons (Fsp3) is 0.375. The number of amides is 1. The van der Waals surface area contributed by atoms with Crippen molar-refractivity contribution in [3.8, 4) is 0 Å². The molecule has 6 rings (SSSR count). The number of aromatic nitrogens is 2. The molecule has 0 aliphatic carbocycles. The normalized spacial score (nSPS) is 16.7. The van der Waals surface area contributed by atoms with Gasteiger partial charge in [0, 0.05) is 50.9 Å². The van der Waals surface area contributed by atoms with Gasteiger partial charge in [0.15, 0.2) is 0 Å². The Labute approximate surface area is 229 Å². The summed E-state index contributed by atoms with van der Waals surface area (Å²) >= 11 is 0. The van der Waals surface area contributed by atoms with Crippen LogP contribution in [-0.2, 0) is 11.3 Å². The lowest BCUT2D eigenvalue weighted by atomic mass is 9.95. The molecule has 0 N–H and O–H groups in total. The molecule has 0 radical (unpaired) electrons. The molecule has 0 spiro atoms. The number of piperidine rings is 1. The van der Waals surface area contributed by atoms with E-state index in [1.807, 2.05) is 30.3 Å². The number of benzene rings is 3. The van der Waals surface area contributed by atoms with Gasteiger partial charge in [-0.15, -0.1) is 0 Å². The molecular weight excluding hydrogens is 489 g/mol. The summed E-state index contributed by atoms with van der Waals surface area (Å²) in [7, 11) is 0. The second-order valence-corrected chi connectivity index (χ2v) is 11.0. The molecule has 1 amide bonds. The molecule has 2 aliphatic heterocycles. The molecule has 2 fully saturated rings. The molecular formula is C32H36FN5O. The molecule has 1 aromatic heterocycles. The Morgan fingerprint density at radius 2 is 1.59 bits per heavy atom. The third-order valence-corrected chi connectivity index (χ3v) is 8.31. The number of piperazine rings is 1. The summed E-state index contributed by atoms with van der Waals surface area (Å²) in [6, 6.07) is 21.4. The van der Waals surface area contributed by atoms with Crippen molar-refractivity contribution >= 4 is 28.6 Å². The monoisotopic (exact) mass is 525 g/mol. The Morgan fingerprint density at radius 3 is 2.33 bits per heavy atom. The third-order valence-electron chi connectivity index (χ3n) is 8.31. The maximum Gasteiger partial charge on any atom is 0.225 e. The Hall–Kier alpha value is -3.87. The molecule has 0 bridgehead atoms. The highest BCUT2D eigenvalue weighted by molar-refractivity contribution is 5.81. The zero-order chi connectivity index (χ0) is 26.9. The lowest BCUT2D eigenvalue weighted by molar-refractivity contribution is -0.136. The van der Waals surface area contributed by atoms with Crippen molar-refractivity contribution in [1.82, 2.24) is 14.5 Å². The summed E-state index contributed by atoms with van der Waals surface area (Å²) in [6.45, 7) is 9.82. The maximum atomic E-state index is 13.5. The van der Waals surface area contributed by atoms with Gasteiger partial charge in [-0.1, -0.05) is 36.4 Å². The Morgan fingerprint density at radius 1 is 0.872 bits per heavy atom. The highest BCUT2D eigenvalue weighted by Gasteiger charge is 2.32. The number of fused-ring (bicyclic) bond motifs is 1. The number of para-hydroxylation sites is 2. The number of carbonyl (C=O) groups is 1. The molecule has 4 aromatic rings. The van der Waals surface area contributed by atoms with E-state index in [0.717, 1.165) is 74.7 Å². The van der Waals surface area contributed by atoms with Crippen molar-refractivity contribution in [2.45, 2.75) is 33.2 Å². The van der Waals surface area contributed by atoms with Gasteiger partial charge in [0.1, 0.15) is 5.82 Å². The average molecular weight is 526 g/mol. The van der Waals surface area contributed by atoms with E-state index in [9.17, 15) is 9.18 Å². The number of anilines is 2. The lowest BCUT2D eigenvalue weighted by Gasteiger charge is -2.40. The molecule has 0 atom stereocenters. The van der Waals surface area contributed by atoms with Crippen LogP contribution in [0.1, 0.15) is 29.5 Å². The van der Waals surface area contributed by atoms with Gasteiger partial charge in [0.05, 0.1) is 17.6 Å². The molecule has 3 aromatic carbocycles. The van der Waals surface area contributed by atoms with Crippen LogP contribution in [-0.4, -0.2) is 59.6 Å². The highest BCUT2D eigenvalue weighted by atomic mass is 19.1. The molecule has 0 saturated carbocycles. The second kappa shape index (κ2) is 10.7. The first-order valence-corrected chi connectivity index (χ1v) is 14.0. The van der Waals surface area contributed by atoms with E-state index in [2.05, 4.69) is 57.4 Å². The van der Waals surface area contributed by atoms with E-state index in [0.29, 0.717) is 12.5 Å². The van der Waals surface area contributed by atoms with Gasteiger partial charge in [-0.2, -0.15) is 0 Å². The predicted molar refractivity (Wildman–Crippen MR) is 155 cm³/mol. The lowest BCUT2D eigenvalue weighted by Crippen LogP contribution is -2.52. The minimum Gasteiger partial charge on any atom is -0.368 e. The van der Waals surface area contributed by atoms with Gasteiger partial charge in [-0.3, -0.25) is 4.79 Å². The van der Waals surface area contributed by atoms with Gasteiger partial charge in [-0.25, -0.2) is 9.37 Å². The summed E-state index contributed by atoms with van der Waals surface area (Å²) < 4.78 is 15.7. The van der Waals surface area contributed by atoms with Gasteiger partial charge < -0.3 is 19.3 Å². The summed E-state index contributed by atoms with van der Waals surface area (Å²) in [5.74, 6) is 1.06. The van der Waals surface area contributed by atoms with Crippen LogP contribution in [0.5, 0.6) is 0 Å². The number of aryl methyl sites for hydroxylation is 2. The number of nitrogens with zero attached hydrogens (tertiary/aromatic N) is 5. The quantitative estimate of drug-likeness (QED) is 0.350. The predicted octanol–water partition coefficient (Wildman–Crippen LogP) is 5.41. The van der Waals surface area contributed by atoms with Crippen molar-refractivity contribution < 1.29 is 9.18 Å². The molecule has 202 valence electrons. The van der Waals surface area contributed by atoms with E-state index in [4.69, 9.17) is 4.98 Å². The summed E-state index contributed by atoms with van der Waals surface area (Å²) in [5, 5.41) is 0. The number of imidazole rings is 1. The van der Waals surface area contributed by atoms with Crippen molar-refractivity contribution in [1.29, 1.82) is 0 Å². The van der Waals surface area contributed by atoms with Crippen LogP contribution in [0.2, 0.25) is 0 Å². The van der Waals surface area contributed by atoms with Crippen molar-refractivity contribution in [3.63, 3.8) is 0 Å². The molecule has 3 heterocycles. The van der Waals surface area contributed by atoms with Crippen LogP contribution in [0.15, 0.2) is 66.7 Å². The number of hydrogen-bond donors (Lipinski definition) is 0. The largest absolute Gasteiger partial charge is 0.368 e. The molecule has 2 aliphatic rings. The first kappa shape index (κ1) is 25.4. The fourth-order valence-corrected chi connectivity index (χ4v) is 6.04. The van der Waals surface area contributed by atoms with Gasteiger partial charge in [-0.05, 0) is 73.7 Å². The molecule has 6 nitrogen and oxygen atoms in total. The van der Waals surface area contributed by atoms with Crippen LogP contribution in [0.25, 0.3) is 11.0 Å². The van der Waals surface area contributed by atoms with Crippen molar-refractivity contribution in [2.24, 2.45) is 5.92 Å². The van der Waals surface area contributed by atoms with Gasteiger partial charge in [0.2, 0.25) is 11.9 Å². The van der Waals surface area contributed by atoms with Crippen LogP contribution in [0.3, 0.4) is 0 Å². The summed E-state index contributed by atoms with van der Waals surface area (Å²) in [4.78, 5) is 25.3. The van der Waals surface area contributed by atoms with Gasteiger partial charge in [0.25, 0.3) is 0 Å². The van der Waals surface area contributed by atoms with Crippen LogP contribution in [0.4, 0.5) is 16.0 Å². The summed E-state index contributed by atoms with van der Waals surface area (Å²) in [5.41, 5.74) is 6.90. The minimum absolute atomic E-state index is 0.0587. The number of hydrogen-bond acceptors (Lipinski definition) is 4. The van der Waals surface area contributed by atoms with E-state index in [-0.39, 0.29) is 11.7 Å². The van der Waals surface area contributed by atoms with E-state index in [1.165, 1.54) is 28.9 Å². The zero-order valence-electron chi connectivity index (χ0n) is 22.8. The Balaban J connectivity index is 1.11. The summed E-state index contributed by atoms with van der Waals surface area (Å²) in [6.07, 6.45) is 1.66. The third kappa shape index (κ3) is 5.22. The maximum absolute atomic E-state index is 13.5. The first-order valence-electron chi connectivity index (χ1n) is 14.0. The van der Waals surface area contributed by atoms with E-state index < -0.39 is 0 Å². The van der Waals surface area contributed by atoms with Crippen LogP contribution < -0.4 is 9.80 Å². The molecule has 2 saturated heterocycles. The van der Waals surface area contributed by atoms with Gasteiger partial charge >= 0.3 is 0 Å². The molecule has 7 heteroatoms. The van der Waals surface area contributed by atoms with E-state index >= 15 is 0 Å². The fourth-order valence-electron chi connectivity index (χ4n) is 6.04. The standard InChI is InChI=1S/C32H36FN5O/c1-23-7-8-24(2)30(21-23)35-17-19-36(20-18-35)31(39)26-13-15-37(16-14-26)32-34-28-5-3-4-6-29(28)38(32)22-25-9-11-27(33)12-10-25/h3-12,21,26H,13-20,22H2,1-2H3. The number of carbonyl (C=O) groups excluding carboxylic acids is 1. The Kier molecular flexibility index (Phi) is 6.98. The second-order valence-electron chi connectivity index (χ2n) is 11.0. The smallest absolute Gasteiger partial charge is 0.225 e. The van der Waals surface area contributed by atoms with Crippen molar-refractivity contribution in [2.75, 3.05) is 49.1 Å². The van der Waals surface area contributed by atoms with E-state index in [1.54, 1.807) is 0 Å². The zero-order valence-corrected chi connectivity index (χ0v) is 22.8.